The summed E-state index contributed by atoms with van der Waals surface area (Å²) >= 11 is 6.87. The van der Waals surface area contributed by atoms with Crippen LogP contribution in [0.4, 0.5) is 0 Å². The van der Waals surface area contributed by atoms with E-state index in [0.717, 1.165) is 17.8 Å². The van der Waals surface area contributed by atoms with E-state index in [0.29, 0.717) is 9.21 Å². The first-order valence-electron chi connectivity index (χ1n) is 6.72. The Kier molecular flexibility index (Phi) is 5.82. The van der Waals surface area contributed by atoms with Crippen LogP contribution in [0.25, 0.3) is 0 Å². The minimum absolute atomic E-state index is 0.0984. The summed E-state index contributed by atoms with van der Waals surface area (Å²) < 4.78 is 5.49. The number of amides is 1. The Bertz CT molecular complexity index is 517. The molecule has 0 aliphatic heterocycles. The van der Waals surface area contributed by atoms with Crippen molar-refractivity contribution >= 4 is 34.8 Å². The summed E-state index contributed by atoms with van der Waals surface area (Å²) in [5, 5.41) is 2.89. The highest BCUT2D eigenvalue weighted by Gasteiger charge is 2.27. The molecule has 0 saturated carbocycles. The molecular weight excluding hydrogens is 310 g/mol. The van der Waals surface area contributed by atoms with Gasteiger partial charge in [0, 0.05) is 5.54 Å². The lowest BCUT2D eigenvalue weighted by molar-refractivity contribution is -0.126. The number of thiophene rings is 1. The lowest BCUT2D eigenvalue weighted by Crippen LogP contribution is -2.47. The van der Waals surface area contributed by atoms with E-state index in [9.17, 15) is 9.59 Å². The van der Waals surface area contributed by atoms with Crippen LogP contribution in [0, 0.1) is 5.41 Å². The second-order valence-electron chi connectivity index (χ2n) is 6.85. The number of rotatable bonds is 5. The summed E-state index contributed by atoms with van der Waals surface area (Å²) in [6.45, 7) is 9.96. The van der Waals surface area contributed by atoms with E-state index >= 15 is 0 Å². The van der Waals surface area contributed by atoms with Gasteiger partial charge < -0.3 is 10.1 Å². The van der Waals surface area contributed by atoms with E-state index in [4.69, 9.17) is 16.3 Å². The van der Waals surface area contributed by atoms with Crippen LogP contribution in [0.1, 0.15) is 50.7 Å². The van der Waals surface area contributed by atoms with Gasteiger partial charge in [-0.2, -0.15) is 0 Å². The summed E-state index contributed by atoms with van der Waals surface area (Å²) in [5.41, 5.74) is -0.255. The van der Waals surface area contributed by atoms with Crippen LogP contribution in [0.2, 0.25) is 4.34 Å². The quantitative estimate of drug-likeness (QED) is 0.833. The van der Waals surface area contributed by atoms with Crippen LogP contribution in [-0.4, -0.2) is 24.0 Å². The van der Waals surface area contributed by atoms with Crippen molar-refractivity contribution in [2.24, 2.45) is 5.41 Å². The Morgan fingerprint density at radius 1 is 1.24 bits per heavy atom. The molecule has 0 aliphatic rings. The normalized spacial score (nSPS) is 12.1. The van der Waals surface area contributed by atoms with Gasteiger partial charge in [-0.15, -0.1) is 11.3 Å². The van der Waals surface area contributed by atoms with Gasteiger partial charge >= 0.3 is 5.97 Å². The third kappa shape index (κ3) is 6.96. The average molecular weight is 332 g/mol. The Morgan fingerprint density at radius 2 is 1.86 bits per heavy atom. The highest BCUT2D eigenvalue weighted by Crippen LogP contribution is 2.26. The number of carbonyl (C=O) groups is 2. The number of hydrogen-bond acceptors (Lipinski definition) is 4. The number of carbonyl (C=O) groups excluding carboxylic acids is 2. The molecule has 21 heavy (non-hydrogen) atoms. The van der Waals surface area contributed by atoms with Crippen molar-refractivity contribution in [3.63, 3.8) is 0 Å². The van der Waals surface area contributed by atoms with Crippen molar-refractivity contribution in [3.8, 4) is 0 Å². The van der Waals surface area contributed by atoms with Gasteiger partial charge in [0.1, 0.15) is 4.88 Å². The molecule has 6 heteroatoms. The van der Waals surface area contributed by atoms with E-state index in [2.05, 4.69) is 26.1 Å². The molecule has 0 spiro atoms. The van der Waals surface area contributed by atoms with Gasteiger partial charge in [0.25, 0.3) is 5.91 Å². The molecule has 118 valence electrons. The average Bonchev–Trinajstić information content (AvgIpc) is 2.68. The third-order valence-electron chi connectivity index (χ3n) is 2.56. The second kappa shape index (κ2) is 6.79. The molecule has 0 atom stereocenters. The number of hydrogen-bond donors (Lipinski definition) is 1. The first-order valence-corrected chi connectivity index (χ1v) is 7.91. The minimum Gasteiger partial charge on any atom is -0.451 e. The van der Waals surface area contributed by atoms with Crippen LogP contribution in [0.3, 0.4) is 0 Å². The van der Waals surface area contributed by atoms with Gasteiger partial charge in [-0.1, -0.05) is 32.4 Å². The Morgan fingerprint density at radius 3 is 2.33 bits per heavy atom. The van der Waals surface area contributed by atoms with Crippen LogP contribution in [0.15, 0.2) is 12.1 Å². The molecule has 1 aromatic heterocycles. The van der Waals surface area contributed by atoms with Gasteiger partial charge in [-0.05, 0) is 37.8 Å². The zero-order valence-electron chi connectivity index (χ0n) is 13.1. The Labute approximate surface area is 134 Å². The van der Waals surface area contributed by atoms with Gasteiger partial charge in [-0.25, -0.2) is 4.79 Å². The zero-order valence-corrected chi connectivity index (χ0v) is 14.7. The van der Waals surface area contributed by atoms with Crippen molar-refractivity contribution in [1.29, 1.82) is 0 Å². The molecule has 1 heterocycles. The molecule has 0 fully saturated rings. The maximum atomic E-state index is 11.9. The Balaban J connectivity index is 2.45. The number of nitrogens with one attached hydrogen (secondary N) is 1. The van der Waals surface area contributed by atoms with Crippen LogP contribution in [-0.2, 0) is 9.53 Å². The lowest BCUT2D eigenvalue weighted by atomic mass is 9.82. The third-order valence-corrected chi connectivity index (χ3v) is 3.77. The number of halogens is 1. The second-order valence-corrected chi connectivity index (χ2v) is 8.56. The predicted octanol–water partition coefficient (Wildman–Crippen LogP) is 3.89. The van der Waals surface area contributed by atoms with Gasteiger partial charge in [-0.3, -0.25) is 4.79 Å². The van der Waals surface area contributed by atoms with Crippen molar-refractivity contribution in [2.45, 2.75) is 46.6 Å². The first-order chi connectivity index (χ1) is 9.48. The first kappa shape index (κ1) is 18.0. The van der Waals surface area contributed by atoms with E-state index in [1.165, 1.54) is 0 Å². The number of esters is 1. The molecule has 0 saturated heterocycles. The monoisotopic (exact) mass is 331 g/mol. The van der Waals surface area contributed by atoms with E-state index in [1.54, 1.807) is 12.1 Å². The Hall–Kier alpha value is -1.07. The topological polar surface area (TPSA) is 55.4 Å². The van der Waals surface area contributed by atoms with Crippen LogP contribution >= 0.6 is 22.9 Å². The molecule has 1 amide bonds. The standard InChI is InChI=1S/C15H22ClNO3S/c1-14(2,3)9-15(4,5)17-12(18)8-20-13(19)10-6-7-11(16)21-10/h6-7H,8-9H2,1-5H3,(H,17,18). The fraction of sp³-hybridized carbons (Fsp3) is 0.600. The molecule has 0 bridgehead atoms. The summed E-state index contributed by atoms with van der Waals surface area (Å²) in [5.74, 6) is -0.837. The van der Waals surface area contributed by atoms with Gasteiger partial charge in [0.05, 0.1) is 4.34 Å². The van der Waals surface area contributed by atoms with Crippen molar-refractivity contribution in [2.75, 3.05) is 6.61 Å². The summed E-state index contributed by atoms with van der Waals surface area (Å²) in [7, 11) is 0. The molecule has 1 aromatic rings. The van der Waals surface area contributed by atoms with Crippen molar-refractivity contribution < 1.29 is 14.3 Å². The van der Waals surface area contributed by atoms with Crippen molar-refractivity contribution in [1.82, 2.24) is 5.32 Å². The summed E-state index contributed by atoms with van der Waals surface area (Å²) in [4.78, 5) is 24.0. The van der Waals surface area contributed by atoms with Crippen LogP contribution < -0.4 is 5.32 Å². The molecule has 1 N–H and O–H groups in total. The molecule has 0 radical (unpaired) electrons. The zero-order chi connectivity index (χ0) is 16.3. The van der Waals surface area contributed by atoms with Gasteiger partial charge in [0.15, 0.2) is 6.61 Å². The molecule has 0 aliphatic carbocycles. The van der Waals surface area contributed by atoms with E-state index < -0.39 is 5.97 Å². The molecule has 4 nitrogen and oxygen atoms in total. The van der Waals surface area contributed by atoms with E-state index in [-0.39, 0.29) is 23.5 Å². The smallest absolute Gasteiger partial charge is 0.348 e. The highest BCUT2D eigenvalue weighted by molar-refractivity contribution is 7.17. The maximum absolute atomic E-state index is 11.9. The molecule has 1 rings (SSSR count). The van der Waals surface area contributed by atoms with Crippen LogP contribution in [0.5, 0.6) is 0 Å². The SMILES string of the molecule is CC(C)(C)CC(C)(C)NC(=O)COC(=O)c1ccc(Cl)s1. The lowest BCUT2D eigenvalue weighted by Gasteiger charge is -2.33. The van der Waals surface area contributed by atoms with E-state index in [1.807, 2.05) is 13.8 Å². The molecule has 0 aromatic carbocycles. The molecular formula is C15H22ClNO3S. The van der Waals surface area contributed by atoms with Crippen molar-refractivity contribution in [3.05, 3.63) is 21.3 Å². The summed E-state index contributed by atoms with van der Waals surface area (Å²) in [6.07, 6.45) is 0.820. The highest BCUT2D eigenvalue weighted by atomic mass is 35.5. The number of ether oxygens (including phenoxy) is 1. The maximum Gasteiger partial charge on any atom is 0.348 e. The minimum atomic E-state index is -0.532. The fourth-order valence-corrected chi connectivity index (χ4v) is 3.35. The molecule has 0 unspecified atom stereocenters. The fourth-order valence-electron chi connectivity index (χ4n) is 2.41. The van der Waals surface area contributed by atoms with Gasteiger partial charge in [0.2, 0.25) is 0 Å². The largest absolute Gasteiger partial charge is 0.451 e. The predicted molar refractivity (Wildman–Crippen MR) is 85.9 cm³/mol. The summed E-state index contributed by atoms with van der Waals surface area (Å²) in [6, 6.07) is 3.20.